The minimum absolute atomic E-state index is 0.0139. The molecule has 0 aliphatic carbocycles. The van der Waals surface area contributed by atoms with E-state index in [9.17, 15) is 9.59 Å². The largest absolute Gasteiger partial charge is 0.377 e. The topological polar surface area (TPSA) is 64.4 Å². The molecule has 0 unspecified atom stereocenters. The minimum atomic E-state index is -0.178. The number of morpholine rings is 1. The highest BCUT2D eigenvalue weighted by Crippen LogP contribution is 2.12. The molecule has 0 bridgehead atoms. The van der Waals surface area contributed by atoms with Gasteiger partial charge in [0.2, 0.25) is 5.91 Å². The number of fused-ring (bicyclic) bond motifs is 1. The Morgan fingerprint density at radius 2 is 2.27 bits per heavy atom. The zero-order chi connectivity index (χ0) is 15.7. The SMILES string of the molecule is Cc1cccc2c(=O)n(CC(=O)N3CCOC[C@H]3C)cnc12. The Labute approximate surface area is 128 Å². The first kappa shape index (κ1) is 14.7. The summed E-state index contributed by atoms with van der Waals surface area (Å²) < 4.78 is 6.71. The second-order valence-corrected chi connectivity index (χ2v) is 5.66. The maximum Gasteiger partial charge on any atom is 0.261 e. The first-order valence-electron chi connectivity index (χ1n) is 7.40. The van der Waals surface area contributed by atoms with Gasteiger partial charge in [-0.15, -0.1) is 0 Å². The van der Waals surface area contributed by atoms with Crippen molar-refractivity contribution in [3.8, 4) is 0 Å². The monoisotopic (exact) mass is 301 g/mol. The van der Waals surface area contributed by atoms with E-state index in [1.807, 2.05) is 26.0 Å². The van der Waals surface area contributed by atoms with E-state index < -0.39 is 0 Å². The predicted octanol–water partition coefficient (Wildman–Crippen LogP) is 0.952. The summed E-state index contributed by atoms with van der Waals surface area (Å²) in [6.07, 6.45) is 1.46. The Bertz CT molecular complexity index is 769. The fourth-order valence-electron chi connectivity index (χ4n) is 2.78. The number of aryl methyl sites for hydroxylation is 1. The second kappa shape index (κ2) is 5.88. The van der Waals surface area contributed by atoms with Crippen LogP contribution in [0.25, 0.3) is 10.9 Å². The normalized spacial score (nSPS) is 18.6. The lowest BCUT2D eigenvalue weighted by molar-refractivity contribution is -0.139. The molecule has 2 aromatic rings. The van der Waals surface area contributed by atoms with E-state index in [0.717, 1.165) is 5.56 Å². The fraction of sp³-hybridized carbons (Fsp3) is 0.438. The number of nitrogens with zero attached hydrogens (tertiary/aromatic N) is 3. The standard InChI is InChI=1S/C16H19N3O3/c1-11-4-3-5-13-15(11)17-10-18(16(13)21)8-14(20)19-6-7-22-9-12(19)2/h3-5,10,12H,6-9H2,1-2H3/t12-/m1/s1. The van der Waals surface area contributed by atoms with Crippen LogP contribution >= 0.6 is 0 Å². The van der Waals surface area contributed by atoms with Gasteiger partial charge in [0, 0.05) is 6.54 Å². The average molecular weight is 301 g/mol. The number of aromatic nitrogens is 2. The average Bonchev–Trinajstić information content (AvgIpc) is 2.51. The summed E-state index contributed by atoms with van der Waals surface area (Å²) in [5.74, 6) is -0.0771. The summed E-state index contributed by atoms with van der Waals surface area (Å²) in [6, 6.07) is 5.53. The molecule has 2 heterocycles. The molecular weight excluding hydrogens is 282 g/mol. The number of amides is 1. The molecular formula is C16H19N3O3. The van der Waals surface area contributed by atoms with Crippen LogP contribution < -0.4 is 5.56 Å². The Balaban J connectivity index is 1.89. The van der Waals surface area contributed by atoms with E-state index in [4.69, 9.17) is 4.74 Å². The zero-order valence-electron chi connectivity index (χ0n) is 12.8. The van der Waals surface area contributed by atoms with E-state index in [-0.39, 0.29) is 24.1 Å². The van der Waals surface area contributed by atoms with Crippen LogP contribution in [-0.2, 0) is 16.1 Å². The van der Waals surface area contributed by atoms with Crippen molar-refractivity contribution < 1.29 is 9.53 Å². The summed E-state index contributed by atoms with van der Waals surface area (Å²) in [5, 5.41) is 0.547. The minimum Gasteiger partial charge on any atom is -0.377 e. The lowest BCUT2D eigenvalue weighted by Gasteiger charge is -2.33. The van der Waals surface area contributed by atoms with Crippen molar-refractivity contribution >= 4 is 16.8 Å². The van der Waals surface area contributed by atoms with Crippen molar-refractivity contribution in [3.05, 3.63) is 40.4 Å². The Kier molecular flexibility index (Phi) is 3.94. The Morgan fingerprint density at radius 1 is 1.45 bits per heavy atom. The molecule has 22 heavy (non-hydrogen) atoms. The molecule has 1 aliphatic rings. The van der Waals surface area contributed by atoms with Crippen molar-refractivity contribution in [2.45, 2.75) is 26.4 Å². The number of hydrogen-bond acceptors (Lipinski definition) is 4. The molecule has 0 saturated carbocycles. The predicted molar refractivity (Wildman–Crippen MR) is 82.7 cm³/mol. The van der Waals surface area contributed by atoms with Crippen molar-refractivity contribution in [2.24, 2.45) is 0 Å². The Hall–Kier alpha value is -2.21. The molecule has 1 amide bonds. The van der Waals surface area contributed by atoms with Gasteiger partial charge in [-0.05, 0) is 25.5 Å². The highest BCUT2D eigenvalue weighted by Gasteiger charge is 2.24. The van der Waals surface area contributed by atoms with Crippen LogP contribution in [0, 0.1) is 6.92 Å². The van der Waals surface area contributed by atoms with Crippen LogP contribution in [0.5, 0.6) is 0 Å². The van der Waals surface area contributed by atoms with Crippen LogP contribution in [0.15, 0.2) is 29.3 Å². The van der Waals surface area contributed by atoms with Gasteiger partial charge in [0.15, 0.2) is 0 Å². The van der Waals surface area contributed by atoms with Gasteiger partial charge >= 0.3 is 0 Å². The number of carbonyl (C=O) groups is 1. The molecule has 1 aromatic carbocycles. The van der Waals surface area contributed by atoms with Crippen molar-refractivity contribution in [2.75, 3.05) is 19.8 Å². The molecule has 0 radical (unpaired) electrons. The van der Waals surface area contributed by atoms with Gasteiger partial charge in [-0.1, -0.05) is 12.1 Å². The number of para-hydroxylation sites is 1. The number of carbonyl (C=O) groups excluding carboxylic acids is 1. The van der Waals surface area contributed by atoms with Gasteiger partial charge in [0.25, 0.3) is 5.56 Å². The van der Waals surface area contributed by atoms with Gasteiger partial charge in [0.05, 0.1) is 36.5 Å². The van der Waals surface area contributed by atoms with E-state index >= 15 is 0 Å². The van der Waals surface area contributed by atoms with Gasteiger partial charge in [0.1, 0.15) is 6.54 Å². The third-order valence-corrected chi connectivity index (χ3v) is 4.05. The summed E-state index contributed by atoms with van der Waals surface area (Å²) in [4.78, 5) is 31.0. The van der Waals surface area contributed by atoms with Crippen LogP contribution in [0.4, 0.5) is 0 Å². The van der Waals surface area contributed by atoms with Crippen molar-refractivity contribution in [1.82, 2.24) is 14.5 Å². The molecule has 116 valence electrons. The van der Waals surface area contributed by atoms with Crippen molar-refractivity contribution in [3.63, 3.8) is 0 Å². The zero-order valence-corrected chi connectivity index (χ0v) is 12.8. The summed E-state index contributed by atoms with van der Waals surface area (Å²) in [6.45, 7) is 5.52. The molecule has 1 saturated heterocycles. The number of benzene rings is 1. The van der Waals surface area contributed by atoms with E-state index in [2.05, 4.69) is 4.98 Å². The van der Waals surface area contributed by atoms with Gasteiger partial charge < -0.3 is 9.64 Å². The smallest absolute Gasteiger partial charge is 0.261 e. The lowest BCUT2D eigenvalue weighted by atomic mass is 10.1. The molecule has 1 aliphatic heterocycles. The van der Waals surface area contributed by atoms with Gasteiger partial charge in [-0.25, -0.2) is 4.98 Å². The van der Waals surface area contributed by atoms with E-state index in [1.54, 1.807) is 11.0 Å². The first-order valence-corrected chi connectivity index (χ1v) is 7.40. The molecule has 6 heteroatoms. The highest BCUT2D eigenvalue weighted by atomic mass is 16.5. The lowest BCUT2D eigenvalue weighted by Crippen LogP contribution is -2.48. The maximum atomic E-state index is 12.5. The van der Waals surface area contributed by atoms with E-state index in [1.165, 1.54) is 10.9 Å². The number of ether oxygens (including phenoxy) is 1. The highest BCUT2D eigenvalue weighted by molar-refractivity contribution is 5.81. The molecule has 1 fully saturated rings. The fourth-order valence-corrected chi connectivity index (χ4v) is 2.78. The molecule has 1 aromatic heterocycles. The number of hydrogen-bond donors (Lipinski definition) is 0. The summed E-state index contributed by atoms with van der Waals surface area (Å²) in [5.41, 5.74) is 1.47. The van der Waals surface area contributed by atoms with Crippen molar-refractivity contribution in [1.29, 1.82) is 0 Å². The molecule has 0 N–H and O–H groups in total. The summed E-state index contributed by atoms with van der Waals surface area (Å²) >= 11 is 0. The molecule has 0 spiro atoms. The van der Waals surface area contributed by atoms with Crippen LogP contribution in [0.3, 0.4) is 0 Å². The van der Waals surface area contributed by atoms with E-state index in [0.29, 0.717) is 30.7 Å². The molecule has 6 nitrogen and oxygen atoms in total. The van der Waals surface area contributed by atoms with Crippen LogP contribution in [0.2, 0.25) is 0 Å². The quantitative estimate of drug-likeness (QED) is 0.828. The molecule has 3 rings (SSSR count). The van der Waals surface area contributed by atoms with Gasteiger partial charge in [-0.2, -0.15) is 0 Å². The second-order valence-electron chi connectivity index (χ2n) is 5.66. The third-order valence-electron chi connectivity index (χ3n) is 4.05. The number of rotatable bonds is 2. The Morgan fingerprint density at radius 3 is 3.05 bits per heavy atom. The molecule has 1 atom stereocenters. The van der Waals surface area contributed by atoms with Gasteiger partial charge in [-0.3, -0.25) is 14.2 Å². The van der Waals surface area contributed by atoms with Crippen LogP contribution in [-0.4, -0.2) is 46.2 Å². The third kappa shape index (κ3) is 2.62. The first-order chi connectivity index (χ1) is 10.6. The summed E-state index contributed by atoms with van der Waals surface area (Å²) in [7, 11) is 0. The maximum absolute atomic E-state index is 12.5. The van der Waals surface area contributed by atoms with Crippen LogP contribution in [0.1, 0.15) is 12.5 Å².